The minimum absolute atomic E-state index is 0.118. The molecule has 1 aliphatic carbocycles. The quantitative estimate of drug-likeness (QED) is 0.770. The number of hydrogen-bond acceptors (Lipinski definition) is 2. The number of hydrogen-bond donors (Lipinski definition) is 0. The van der Waals surface area contributed by atoms with Crippen LogP contribution in [-0.4, -0.2) is 9.55 Å². The monoisotopic (exact) mass is 352 g/mol. The van der Waals surface area contributed by atoms with E-state index in [9.17, 15) is 4.79 Å². The third kappa shape index (κ3) is 2.54. The van der Waals surface area contributed by atoms with Crippen molar-refractivity contribution in [2.45, 2.75) is 31.7 Å². The highest BCUT2D eigenvalue weighted by atomic mass is 79.9. The molecule has 5 heteroatoms. The third-order valence-corrected chi connectivity index (χ3v) is 5.08. The smallest absolute Gasteiger partial charge is 0.269 e. The molecule has 3 nitrogen and oxygen atoms in total. The van der Waals surface area contributed by atoms with Crippen molar-refractivity contribution in [3.05, 3.63) is 61.7 Å². The van der Waals surface area contributed by atoms with E-state index in [1.165, 1.54) is 23.9 Å². The molecule has 1 aromatic heterocycles. The van der Waals surface area contributed by atoms with E-state index in [0.717, 1.165) is 12.8 Å². The maximum Gasteiger partial charge on any atom is 0.269 e. The van der Waals surface area contributed by atoms with Crippen LogP contribution in [0.4, 0.5) is 0 Å². The van der Waals surface area contributed by atoms with Gasteiger partial charge in [0.05, 0.1) is 6.33 Å². The summed E-state index contributed by atoms with van der Waals surface area (Å²) >= 11 is 9.04. The summed E-state index contributed by atoms with van der Waals surface area (Å²) in [6, 6.07) is 8.49. The van der Waals surface area contributed by atoms with Crippen molar-refractivity contribution < 1.29 is 0 Å². The zero-order valence-electron chi connectivity index (χ0n) is 10.9. The molecule has 1 aromatic carbocycles. The number of benzene rings is 1. The molecule has 0 fully saturated rings. The van der Waals surface area contributed by atoms with Crippen LogP contribution in [0.1, 0.15) is 29.9 Å². The Bertz CT molecular complexity index is 699. The normalized spacial score (nSPS) is 17.8. The van der Waals surface area contributed by atoms with Crippen molar-refractivity contribution in [3.8, 4) is 0 Å². The lowest BCUT2D eigenvalue weighted by atomic mass is 9.83. The summed E-state index contributed by atoms with van der Waals surface area (Å²) in [6.07, 6.45) is 4.93. The van der Waals surface area contributed by atoms with Crippen LogP contribution in [0.5, 0.6) is 0 Å². The molecular weight excluding hydrogens is 340 g/mol. The molecule has 0 saturated heterocycles. The Morgan fingerprint density at radius 1 is 1.40 bits per heavy atom. The van der Waals surface area contributed by atoms with Gasteiger partial charge >= 0.3 is 0 Å². The average Bonchev–Trinajstić information content (AvgIpc) is 2.48. The van der Waals surface area contributed by atoms with Gasteiger partial charge in [-0.25, -0.2) is 4.98 Å². The Balaban J connectivity index is 1.94. The van der Waals surface area contributed by atoms with Gasteiger partial charge in [0, 0.05) is 12.5 Å². The SMILES string of the molecule is O=c1c(Br)c(Cl)ncn1CC1CCCc2ccccc21. The number of nitrogens with zero attached hydrogens (tertiary/aromatic N) is 2. The minimum atomic E-state index is -0.118. The molecule has 0 spiro atoms. The fourth-order valence-corrected chi connectivity index (χ4v) is 3.31. The highest BCUT2D eigenvalue weighted by molar-refractivity contribution is 9.10. The second-order valence-electron chi connectivity index (χ2n) is 5.09. The van der Waals surface area contributed by atoms with Gasteiger partial charge in [0.2, 0.25) is 0 Å². The van der Waals surface area contributed by atoms with Crippen molar-refractivity contribution in [1.82, 2.24) is 9.55 Å². The lowest BCUT2D eigenvalue weighted by Crippen LogP contribution is -2.26. The van der Waals surface area contributed by atoms with Crippen molar-refractivity contribution in [1.29, 1.82) is 0 Å². The first kappa shape index (κ1) is 13.8. The summed E-state index contributed by atoms with van der Waals surface area (Å²) in [6.45, 7) is 0.651. The van der Waals surface area contributed by atoms with Crippen molar-refractivity contribution in [2.24, 2.45) is 0 Å². The molecular formula is C15H14BrClN2O. The largest absolute Gasteiger partial charge is 0.298 e. The Morgan fingerprint density at radius 3 is 3.05 bits per heavy atom. The molecule has 1 aliphatic rings. The van der Waals surface area contributed by atoms with E-state index in [-0.39, 0.29) is 10.7 Å². The molecule has 0 bridgehead atoms. The fourth-order valence-electron chi connectivity index (χ4n) is 2.86. The lowest BCUT2D eigenvalue weighted by Gasteiger charge is -2.26. The second-order valence-corrected chi connectivity index (χ2v) is 6.25. The van der Waals surface area contributed by atoms with Crippen molar-refractivity contribution in [3.63, 3.8) is 0 Å². The Hall–Kier alpha value is -1.13. The zero-order chi connectivity index (χ0) is 14.1. The Morgan fingerprint density at radius 2 is 2.20 bits per heavy atom. The number of aryl methyl sites for hydroxylation is 1. The van der Waals surface area contributed by atoms with E-state index < -0.39 is 0 Å². The first-order valence-corrected chi connectivity index (χ1v) is 7.82. The predicted molar refractivity (Wildman–Crippen MR) is 83.3 cm³/mol. The molecule has 3 rings (SSSR count). The molecule has 0 saturated carbocycles. The van der Waals surface area contributed by atoms with Crippen molar-refractivity contribution >= 4 is 27.5 Å². The zero-order valence-corrected chi connectivity index (χ0v) is 13.2. The average molecular weight is 354 g/mol. The molecule has 0 N–H and O–H groups in total. The van der Waals surface area contributed by atoms with Crippen LogP contribution < -0.4 is 5.56 Å². The molecule has 2 aromatic rings. The van der Waals surface area contributed by atoms with E-state index in [1.54, 1.807) is 4.57 Å². The van der Waals surface area contributed by atoms with E-state index >= 15 is 0 Å². The van der Waals surface area contributed by atoms with Gasteiger partial charge in [0.1, 0.15) is 4.47 Å². The maximum atomic E-state index is 12.2. The molecule has 0 aliphatic heterocycles. The van der Waals surface area contributed by atoms with Gasteiger partial charge in [-0.2, -0.15) is 0 Å². The van der Waals surface area contributed by atoms with Crippen LogP contribution in [-0.2, 0) is 13.0 Å². The summed E-state index contributed by atoms with van der Waals surface area (Å²) in [5.41, 5.74) is 2.64. The van der Waals surface area contributed by atoms with Gasteiger partial charge in [-0.3, -0.25) is 9.36 Å². The second kappa shape index (κ2) is 5.70. The number of aromatic nitrogens is 2. The van der Waals surface area contributed by atoms with Gasteiger partial charge in [-0.1, -0.05) is 35.9 Å². The lowest BCUT2D eigenvalue weighted by molar-refractivity contribution is 0.471. The van der Waals surface area contributed by atoms with Gasteiger partial charge in [-0.15, -0.1) is 0 Å². The van der Waals surface area contributed by atoms with E-state index in [4.69, 9.17) is 11.6 Å². The third-order valence-electron chi connectivity index (χ3n) is 3.85. The molecule has 20 heavy (non-hydrogen) atoms. The molecule has 1 heterocycles. The topological polar surface area (TPSA) is 34.9 Å². The highest BCUT2D eigenvalue weighted by Crippen LogP contribution is 2.32. The van der Waals surface area contributed by atoms with Crippen LogP contribution in [0.15, 0.2) is 39.9 Å². The van der Waals surface area contributed by atoms with Crippen LogP contribution in [0.3, 0.4) is 0 Å². The summed E-state index contributed by atoms with van der Waals surface area (Å²) in [4.78, 5) is 16.2. The molecule has 1 atom stereocenters. The predicted octanol–water partition coefficient (Wildman–Crippen LogP) is 3.78. The van der Waals surface area contributed by atoms with E-state index in [2.05, 4.69) is 45.2 Å². The number of rotatable bonds is 2. The van der Waals surface area contributed by atoms with Crippen LogP contribution in [0.25, 0.3) is 0 Å². The number of halogens is 2. The van der Waals surface area contributed by atoms with Gasteiger partial charge < -0.3 is 0 Å². The van der Waals surface area contributed by atoms with Gasteiger partial charge in [-0.05, 0) is 46.3 Å². The van der Waals surface area contributed by atoms with Crippen molar-refractivity contribution in [2.75, 3.05) is 0 Å². The Labute approximate surface area is 130 Å². The maximum absolute atomic E-state index is 12.2. The van der Waals surface area contributed by atoms with Crippen LogP contribution in [0, 0.1) is 0 Å². The standard InChI is InChI=1S/C15H14BrClN2O/c16-13-14(17)18-9-19(15(13)20)8-11-6-3-5-10-4-1-2-7-12(10)11/h1-2,4,7,9,11H,3,5-6,8H2. The summed E-state index contributed by atoms with van der Waals surface area (Å²) in [7, 11) is 0. The fraction of sp³-hybridized carbons (Fsp3) is 0.333. The summed E-state index contributed by atoms with van der Waals surface area (Å²) in [5.74, 6) is 0.368. The highest BCUT2D eigenvalue weighted by Gasteiger charge is 2.21. The number of fused-ring (bicyclic) bond motifs is 1. The first-order valence-electron chi connectivity index (χ1n) is 6.65. The minimum Gasteiger partial charge on any atom is -0.298 e. The molecule has 1 unspecified atom stereocenters. The van der Waals surface area contributed by atoms with E-state index in [0.29, 0.717) is 16.9 Å². The summed E-state index contributed by atoms with van der Waals surface area (Å²) < 4.78 is 1.98. The first-order chi connectivity index (χ1) is 9.66. The van der Waals surface area contributed by atoms with Gasteiger partial charge in [0.25, 0.3) is 5.56 Å². The van der Waals surface area contributed by atoms with Gasteiger partial charge in [0.15, 0.2) is 5.15 Å². The molecule has 104 valence electrons. The molecule has 0 amide bonds. The van der Waals surface area contributed by atoms with Crippen LogP contribution >= 0.6 is 27.5 Å². The molecule has 0 radical (unpaired) electrons. The van der Waals surface area contributed by atoms with E-state index in [1.807, 2.05) is 0 Å². The summed E-state index contributed by atoms with van der Waals surface area (Å²) in [5, 5.41) is 0.218. The van der Waals surface area contributed by atoms with Crippen LogP contribution in [0.2, 0.25) is 5.15 Å². The Kier molecular flexibility index (Phi) is 3.94.